The fraction of sp³-hybridized carbons (Fsp3) is 0.308. The molecule has 0 radical (unpaired) electrons. The molecule has 0 aliphatic heterocycles. The van der Waals surface area contributed by atoms with Gasteiger partial charge in [-0.1, -0.05) is 18.2 Å². The van der Waals surface area contributed by atoms with Gasteiger partial charge >= 0.3 is 6.09 Å². The van der Waals surface area contributed by atoms with E-state index in [0.717, 1.165) is 28.8 Å². The number of hydrogen-bond donors (Lipinski definition) is 2. The fourth-order valence-corrected chi connectivity index (χ4v) is 3.92. The Balaban J connectivity index is 1.27. The van der Waals surface area contributed by atoms with Crippen LogP contribution in [0.15, 0.2) is 61.1 Å². The molecule has 2 unspecified atom stereocenters. The van der Waals surface area contributed by atoms with Crippen LogP contribution in [-0.2, 0) is 11.3 Å². The largest absolute Gasteiger partial charge is 0.474 e. The van der Waals surface area contributed by atoms with Gasteiger partial charge in [-0.15, -0.1) is 0 Å². The van der Waals surface area contributed by atoms with Gasteiger partial charge in [0.2, 0.25) is 5.88 Å². The van der Waals surface area contributed by atoms with Crippen molar-refractivity contribution in [3.05, 3.63) is 72.2 Å². The molecule has 4 aromatic rings. The number of anilines is 1. The summed E-state index contributed by atoms with van der Waals surface area (Å²) in [5, 5.41) is 2.77. The molecule has 180 valence electrons. The van der Waals surface area contributed by atoms with Gasteiger partial charge in [0.1, 0.15) is 29.4 Å². The normalized spacial score (nSPS) is 17.2. The van der Waals surface area contributed by atoms with E-state index in [2.05, 4.69) is 15.3 Å². The van der Waals surface area contributed by atoms with Crippen LogP contribution >= 0.6 is 0 Å². The maximum absolute atomic E-state index is 11.9. The van der Waals surface area contributed by atoms with Gasteiger partial charge in [-0.2, -0.15) is 4.98 Å². The number of carbonyl (C=O) groups is 1. The van der Waals surface area contributed by atoms with Crippen LogP contribution in [0.25, 0.3) is 16.9 Å². The van der Waals surface area contributed by atoms with Gasteiger partial charge in [0, 0.05) is 36.0 Å². The number of nitrogens with zero attached hydrogens (tertiary/aromatic N) is 4. The molecule has 3 aromatic heterocycles. The van der Waals surface area contributed by atoms with Crippen molar-refractivity contribution in [3.63, 3.8) is 0 Å². The van der Waals surface area contributed by atoms with Crippen molar-refractivity contribution < 1.29 is 14.3 Å². The molecule has 1 fully saturated rings. The molecule has 9 nitrogen and oxygen atoms in total. The summed E-state index contributed by atoms with van der Waals surface area (Å²) < 4.78 is 13.3. The molecule has 3 N–H and O–H groups in total. The van der Waals surface area contributed by atoms with Gasteiger partial charge in [-0.3, -0.25) is 4.57 Å². The molecular weight excluding hydrogens is 444 g/mol. The zero-order valence-corrected chi connectivity index (χ0v) is 19.9. The van der Waals surface area contributed by atoms with Crippen LogP contribution in [0.2, 0.25) is 0 Å². The van der Waals surface area contributed by atoms with Crippen LogP contribution < -0.4 is 15.8 Å². The summed E-state index contributed by atoms with van der Waals surface area (Å²) in [5.74, 6) is 1.33. The molecule has 2 atom stereocenters. The Morgan fingerprint density at radius 1 is 1.14 bits per heavy atom. The first-order chi connectivity index (χ1) is 16.8. The minimum atomic E-state index is -0.529. The van der Waals surface area contributed by atoms with Gasteiger partial charge in [-0.05, 0) is 57.0 Å². The zero-order chi connectivity index (χ0) is 24.6. The van der Waals surface area contributed by atoms with Crippen molar-refractivity contribution >= 4 is 23.1 Å². The van der Waals surface area contributed by atoms with Crippen LogP contribution in [0.5, 0.6) is 5.88 Å². The van der Waals surface area contributed by atoms with E-state index in [1.54, 1.807) is 12.5 Å². The summed E-state index contributed by atoms with van der Waals surface area (Å²) in [6.45, 7) is 5.88. The number of benzene rings is 1. The van der Waals surface area contributed by atoms with Crippen molar-refractivity contribution in [3.8, 4) is 11.6 Å². The van der Waals surface area contributed by atoms with Crippen molar-refractivity contribution in [2.24, 2.45) is 0 Å². The van der Waals surface area contributed by atoms with Gasteiger partial charge in [0.25, 0.3) is 0 Å². The third kappa shape index (κ3) is 5.18. The second-order valence-corrected chi connectivity index (χ2v) is 9.61. The number of carbonyl (C=O) groups excluding carboxylic acids is 1. The van der Waals surface area contributed by atoms with E-state index >= 15 is 0 Å². The second kappa shape index (κ2) is 8.90. The first-order valence-corrected chi connectivity index (χ1v) is 11.5. The van der Waals surface area contributed by atoms with Crippen LogP contribution in [0.3, 0.4) is 0 Å². The molecule has 5 rings (SSSR count). The van der Waals surface area contributed by atoms with Crippen LogP contribution in [0, 0.1) is 0 Å². The monoisotopic (exact) mass is 472 g/mol. The molecule has 35 heavy (non-hydrogen) atoms. The van der Waals surface area contributed by atoms with Crippen molar-refractivity contribution in [2.45, 2.75) is 51.4 Å². The molecule has 0 bridgehead atoms. The zero-order valence-electron chi connectivity index (χ0n) is 19.9. The highest BCUT2D eigenvalue weighted by Gasteiger charge is 2.42. The van der Waals surface area contributed by atoms with Gasteiger partial charge < -0.3 is 20.5 Å². The van der Waals surface area contributed by atoms with Gasteiger partial charge in [0.15, 0.2) is 5.65 Å². The highest BCUT2D eigenvalue weighted by molar-refractivity contribution is 5.73. The molecule has 1 amide bonds. The van der Waals surface area contributed by atoms with Crippen LogP contribution in [0.4, 0.5) is 10.6 Å². The molecule has 1 aromatic carbocycles. The van der Waals surface area contributed by atoms with Crippen molar-refractivity contribution in [2.75, 3.05) is 5.73 Å². The number of nitrogens with two attached hydrogens (primary N) is 1. The number of amides is 1. The Morgan fingerprint density at radius 3 is 2.69 bits per heavy atom. The topological polar surface area (TPSA) is 117 Å². The predicted octanol–water partition coefficient (Wildman–Crippen LogP) is 4.36. The number of hydrogen-bond acceptors (Lipinski definition) is 7. The third-order valence-electron chi connectivity index (χ3n) is 5.69. The second-order valence-electron chi connectivity index (χ2n) is 9.61. The highest BCUT2D eigenvalue weighted by atomic mass is 16.6. The molecule has 1 aliphatic carbocycles. The number of pyridine rings is 2. The number of imidazole rings is 1. The van der Waals surface area contributed by atoms with Crippen LogP contribution in [-0.4, -0.2) is 37.3 Å². The lowest BCUT2D eigenvalue weighted by molar-refractivity contribution is 0.0523. The minimum absolute atomic E-state index is 0.0274. The molecule has 0 saturated heterocycles. The first-order valence-electron chi connectivity index (χ1n) is 11.5. The summed E-state index contributed by atoms with van der Waals surface area (Å²) in [7, 11) is 0. The van der Waals surface area contributed by atoms with E-state index in [4.69, 9.17) is 20.2 Å². The SMILES string of the molecule is CC(C)(C)OC(=O)NCc1ccc(-n2cnc3ccc(OC4CC4c4cccnc4N)nc32)cc1. The van der Waals surface area contributed by atoms with Crippen LogP contribution in [0.1, 0.15) is 44.2 Å². The molecule has 1 aliphatic rings. The van der Waals surface area contributed by atoms with E-state index in [-0.39, 0.29) is 12.0 Å². The lowest BCUT2D eigenvalue weighted by atomic mass is 10.2. The molecule has 1 saturated carbocycles. The molecule has 0 spiro atoms. The van der Waals surface area contributed by atoms with E-state index < -0.39 is 11.7 Å². The number of alkyl carbamates (subject to hydrolysis) is 1. The Bertz CT molecular complexity index is 1360. The first kappa shape index (κ1) is 22.6. The Morgan fingerprint density at radius 2 is 1.94 bits per heavy atom. The Hall–Kier alpha value is -4.14. The Labute approximate surface area is 203 Å². The van der Waals surface area contributed by atoms with Gasteiger partial charge in [-0.25, -0.2) is 14.8 Å². The molecule has 9 heteroatoms. The number of rotatable bonds is 6. The summed E-state index contributed by atoms with van der Waals surface area (Å²) in [4.78, 5) is 25.2. The van der Waals surface area contributed by atoms with E-state index in [9.17, 15) is 4.79 Å². The average molecular weight is 473 g/mol. The van der Waals surface area contributed by atoms with E-state index in [0.29, 0.717) is 23.9 Å². The molecule has 3 heterocycles. The summed E-state index contributed by atoms with van der Waals surface area (Å²) >= 11 is 0. The minimum Gasteiger partial charge on any atom is -0.474 e. The third-order valence-corrected chi connectivity index (χ3v) is 5.69. The van der Waals surface area contributed by atoms with E-state index in [1.807, 2.05) is 73.9 Å². The van der Waals surface area contributed by atoms with Gasteiger partial charge in [0.05, 0.1) is 0 Å². The number of nitrogens with one attached hydrogen (secondary N) is 1. The maximum atomic E-state index is 11.9. The fourth-order valence-electron chi connectivity index (χ4n) is 3.92. The highest BCUT2D eigenvalue weighted by Crippen LogP contribution is 2.45. The smallest absolute Gasteiger partial charge is 0.407 e. The summed E-state index contributed by atoms with van der Waals surface area (Å²) in [5.41, 5.74) is 9.84. The number of nitrogen functional groups attached to an aromatic ring is 1. The average Bonchev–Trinajstić information content (AvgIpc) is 3.44. The summed E-state index contributed by atoms with van der Waals surface area (Å²) in [6, 6.07) is 15.5. The lowest BCUT2D eigenvalue weighted by Gasteiger charge is -2.19. The lowest BCUT2D eigenvalue weighted by Crippen LogP contribution is -2.32. The number of ether oxygens (including phenoxy) is 2. The number of aromatic nitrogens is 4. The summed E-state index contributed by atoms with van der Waals surface area (Å²) in [6.07, 6.45) is 3.90. The van der Waals surface area contributed by atoms with Crippen molar-refractivity contribution in [1.29, 1.82) is 0 Å². The molecular formula is C26H28N6O3. The quantitative estimate of drug-likeness (QED) is 0.428. The maximum Gasteiger partial charge on any atom is 0.407 e. The standard InChI is InChI=1S/C26H28N6O3/c1-26(2,3)35-25(33)29-14-16-6-8-17(9-7-16)32-15-30-20-10-11-22(31-24(20)32)34-21-13-19(21)18-5-4-12-28-23(18)27/h4-12,15,19,21H,13-14H2,1-3H3,(H2,27,28)(H,29,33). The predicted molar refractivity (Wildman–Crippen MR) is 132 cm³/mol. The van der Waals surface area contributed by atoms with Crippen molar-refractivity contribution in [1.82, 2.24) is 24.8 Å². The number of fused-ring (bicyclic) bond motifs is 1. The Kier molecular flexibility index (Phi) is 5.76. The van der Waals surface area contributed by atoms with E-state index in [1.165, 1.54) is 0 Å².